The second-order valence-electron chi connectivity index (χ2n) is 7.69. The van der Waals surface area contributed by atoms with E-state index in [1.807, 2.05) is 23.1 Å². The predicted molar refractivity (Wildman–Crippen MR) is 107 cm³/mol. The van der Waals surface area contributed by atoms with Gasteiger partial charge in [-0.25, -0.2) is 4.39 Å². The Bertz CT molecular complexity index is 806. The zero-order valence-corrected chi connectivity index (χ0v) is 15.7. The molecule has 142 valence electrons. The Morgan fingerprint density at radius 1 is 1.00 bits per heavy atom. The lowest BCUT2D eigenvalue weighted by molar-refractivity contribution is -0.119. The Labute approximate surface area is 160 Å². The van der Waals surface area contributed by atoms with Crippen molar-refractivity contribution in [1.82, 2.24) is 4.90 Å². The van der Waals surface area contributed by atoms with E-state index in [1.165, 1.54) is 5.56 Å². The summed E-state index contributed by atoms with van der Waals surface area (Å²) in [5.41, 5.74) is 3.16. The van der Waals surface area contributed by atoms with Crippen molar-refractivity contribution in [2.45, 2.75) is 38.0 Å². The van der Waals surface area contributed by atoms with Crippen LogP contribution in [0.4, 0.5) is 10.1 Å². The Morgan fingerprint density at radius 3 is 2.67 bits per heavy atom. The highest BCUT2D eigenvalue weighted by Gasteiger charge is 2.26. The molecule has 1 atom stereocenters. The molecule has 1 amide bonds. The number of carbonyl (C=O) groups excluding carboxylic acids is 1. The number of hydrogen-bond donors (Lipinski definition) is 0. The van der Waals surface area contributed by atoms with Gasteiger partial charge in [0.25, 0.3) is 0 Å². The van der Waals surface area contributed by atoms with Crippen LogP contribution in [-0.2, 0) is 11.2 Å². The second-order valence-corrected chi connectivity index (χ2v) is 7.69. The molecule has 2 aliphatic rings. The van der Waals surface area contributed by atoms with Gasteiger partial charge in [0.1, 0.15) is 5.82 Å². The molecular weight excluding hydrogens is 339 g/mol. The van der Waals surface area contributed by atoms with E-state index in [2.05, 4.69) is 23.1 Å². The normalized spacial score (nSPS) is 21.0. The number of benzene rings is 2. The van der Waals surface area contributed by atoms with Gasteiger partial charge in [-0.1, -0.05) is 36.4 Å². The van der Waals surface area contributed by atoms with Gasteiger partial charge in [-0.2, -0.15) is 0 Å². The van der Waals surface area contributed by atoms with E-state index in [9.17, 15) is 9.18 Å². The topological polar surface area (TPSA) is 23.6 Å². The quantitative estimate of drug-likeness (QED) is 0.784. The average Bonchev–Trinajstić information content (AvgIpc) is 3.16. The number of hydrogen-bond acceptors (Lipinski definition) is 2. The Hall–Kier alpha value is -2.20. The van der Waals surface area contributed by atoms with Gasteiger partial charge in [0.05, 0.1) is 0 Å². The van der Waals surface area contributed by atoms with Gasteiger partial charge < -0.3 is 9.80 Å². The summed E-state index contributed by atoms with van der Waals surface area (Å²) in [6, 6.07) is 15.4. The highest BCUT2D eigenvalue weighted by Crippen LogP contribution is 2.30. The fourth-order valence-corrected chi connectivity index (χ4v) is 4.42. The van der Waals surface area contributed by atoms with Crippen LogP contribution >= 0.6 is 0 Å². The first-order valence-corrected chi connectivity index (χ1v) is 10.1. The van der Waals surface area contributed by atoms with Crippen molar-refractivity contribution in [3.8, 4) is 0 Å². The monoisotopic (exact) mass is 366 g/mol. The van der Waals surface area contributed by atoms with E-state index < -0.39 is 0 Å². The fourth-order valence-electron chi connectivity index (χ4n) is 4.42. The van der Waals surface area contributed by atoms with Crippen LogP contribution in [0.25, 0.3) is 0 Å². The van der Waals surface area contributed by atoms with Crippen molar-refractivity contribution >= 4 is 11.6 Å². The molecular formula is C23H27FN2O. The van der Waals surface area contributed by atoms with Gasteiger partial charge in [0, 0.05) is 37.7 Å². The van der Waals surface area contributed by atoms with Crippen LogP contribution < -0.4 is 4.90 Å². The van der Waals surface area contributed by atoms with Crippen LogP contribution in [0.15, 0.2) is 48.5 Å². The highest BCUT2D eigenvalue weighted by atomic mass is 19.1. The first-order chi connectivity index (χ1) is 13.2. The molecule has 2 fully saturated rings. The molecule has 0 saturated carbocycles. The lowest BCUT2D eigenvalue weighted by Crippen LogP contribution is -2.36. The van der Waals surface area contributed by atoms with Crippen molar-refractivity contribution in [1.29, 1.82) is 0 Å². The first kappa shape index (κ1) is 18.2. The van der Waals surface area contributed by atoms with Crippen molar-refractivity contribution in [2.75, 3.05) is 31.1 Å². The Balaban J connectivity index is 1.40. The van der Waals surface area contributed by atoms with E-state index in [1.54, 1.807) is 12.1 Å². The third-order valence-electron chi connectivity index (χ3n) is 5.92. The molecule has 4 rings (SSSR count). The smallest absolute Gasteiger partial charge is 0.226 e. The maximum Gasteiger partial charge on any atom is 0.226 e. The second kappa shape index (κ2) is 8.22. The van der Waals surface area contributed by atoms with Gasteiger partial charge in [0.2, 0.25) is 5.91 Å². The molecule has 0 radical (unpaired) electrons. The summed E-state index contributed by atoms with van der Waals surface area (Å²) in [6.45, 7) is 3.69. The number of nitrogens with zero attached hydrogens (tertiary/aromatic N) is 2. The number of para-hydroxylation sites is 1. The third-order valence-corrected chi connectivity index (χ3v) is 5.92. The van der Waals surface area contributed by atoms with Crippen LogP contribution in [0, 0.1) is 5.82 Å². The van der Waals surface area contributed by atoms with Gasteiger partial charge in [-0.15, -0.1) is 0 Å². The average molecular weight is 366 g/mol. The molecule has 1 unspecified atom stereocenters. The van der Waals surface area contributed by atoms with Crippen molar-refractivity contribution < 1.29 is 9.18 Å². The van der Waals surface area contributed by atoms with Crippen LogP contribution in [-0.4, -0.2) is 37.0 Å². The minimum absolute atomic E-state index is 0.0849. The highest BCUT2D eigenvalue weighted by molar-refractivity contribution is 5.94. The molecule has 0 N–H and O–H groups in total. The van der Waals surface area contributed by atoms with Gasteiger partial charge in [-0.05, 0) is 55.5 Å². The molecule has 2 aromatic rings. The molecule has 0 bridgehead atoms. The zero-order valence-electron chi connectivity index (χ0n) is 15.7. The predicted octanol–water partition coefficient (Wildman–Crippen LogP) is 4.37. The summed E-state index contributed by atoms with van der Waals surface area (Å²) in [4.78, 5) is 16.7. The van der Waals surface area contributed by atoms with E-state index in [4.69, 9.17) is 0 Å². The summed E-state index contributed by atoms with van der Waals surface area (Å²) in [5.74, 6) is 0.443. The molecule has 0 aromatic heterocycles. The largest absolute Gasteiger partial charge is 0.312 e. The number of halogens is 1. The summed E-state index contributed by atoms with van der Waals surface area (Å²) < 4.78 is 14.1. The van der Waals surface area contributed by atoms with Gasteiger partial charge in [0.15, 0.2) is 0 Å². The fraction of sp³-hybridized carbons (Fsp3) is 0.435. The van der Waals surface area contributed by atoms with Crippen molar-refractivity contribution in [2.24, 2.45) is 0 Å². The number of carbonyl (C=O) groups is 1. The molecule has 2 saturated heterocycles. The van der Waals surface area contributed by atoms with Crippen molar-refractivity contribution in [3.05, 3.63) is 65.5 Å². The molecule has 0 spiro atoms. The molecule has 4 heteroatoms. The van der Waals surface area contributed by atoms with E-state index >= 15 is 0 Å². The maximum absolute atomic E-state index is 14.1. The number of piperidine rings is 1. The summed E-state index contributed by atoms with van der Waals surface area (Å²) >= 11 is 0. The van der Waals surface area contributed by atoms with E-state index in [0.29, 0.717) is 6.42 Å². The molecule has 3 nitrogen and oxygen atoms in total. The lowest BCUT2D eigenvalue weighted by Gasteiger charge is -2.29. The SMILES string of the molecule is O=C1CCCCN1c1ccccc1CCN1CCC(c2ccccc2F)C1. The Morgan fingerprint density at radius 2 is 1.81 bits per heavy atom. The zero-order chi connectivity index (χ0) is 18.6. The summed E-state index contributed by atoms with van der Waals surface area (Å²) in [7, 11) is 0. The standard InChI is InChI=1S/C23H27FN2O/c24-21-9-3-2-8-20(21)19-13-16-25(17-19)15-12-18-7-1-4-10-22(18)26-14-6-5-11-23(26)27/h1-4,7-10,19H,5-6,11-17H2. The van der Waals surface area contributed by atoms with Crippen LogP contribution in [0.3, 0.4) is 0 Å². The third kappa shape index (κ3) is 4.06. The van der Waals surface area contributed by atoms with Crippen LogP contribution in [0.5, 0.6) is 0 Å². The minimum atomic E-state index is -0.0849. The van der Waals surface area contributed by atoms with Crippen LogP contribution in [0.1, 0.15) is 42.7 Å². The van der Waals surface area contributed by atoms with E-state index in [0.717, 1.165) is 63.1 Å². The number of likely N-dealkylation sites (tertiary alicyclic amines) is 1. The van der Waals surface area contributed by atoms with Crippen LogP contribution in [0.2, 0.25) is 0 Å². The molecule has 2 aliphatic heterocycles. The maximum atomic E-state index is 14.1. The molecule has 2 heterocycles. The lowest BCUT2D eigenvalue weighted by atomic mass is 9.98. The van der Waals surface area contributed by atoms with Gasteiger partial charge in [-0.3, -0.25) is 4.79 Å². The summed E-state index contributed by atoms with van der Waals surface area (Å²) in [6.07, 6.45) is 4.67. The number of rotatable bonds is 5. The first-order valence-electron chi connectivity index (χ1n) is 10.1. The Kier molecular flexibility index (Phi) is 5.53. The molecule has 27 heavy (non-hydrogen) atoms. The van der Waals surface area contributed by atoms with Gasteiger partial charge >= 0.3 is 0 Å². The van der Waals surface area contributed by atoms with Crippen molar-refractivity contribution in [3.63, 3.8) is 0 Å². The summed E-state index contributed by atoms with van der Waals surface area (Å²) in [5, 5.41) is 0. The molecule has 0 aliphatic carbocycles. The van der Waals surface area contributed by atoms with E-state index in [-0.39, 0.29) is 17.6 Å². The molecule has 2 aromatic carbocycles. The number of amides is 1. The number of anilines is 1. The minimum Gasteiger partial charge on any atom is -0.312 e.